The second kappa shape index (κ2) is 9.24. The Hall–Kier alpha value is -3.56. The number of nitrogens with one attached hydrogen (secondary N) is 3. The number of hydrogen-bond donors (Lipinski definition) is 3. The third kappa shape index (κ3) is 4.44. The summed E-state index contributed by atoms with van der Waals surface area (Å²) in [4.78, 5) is 28.4. The zero-order valence-electron chi connectivity index (χ0n) is 19.6. The van der Waals surface area contributed by atoms with E-state index in [0.29, 0.717) is 30.5 Å². The Morgan fingerprint density at radius 3 is 2.80 bits per heavy atom. The van der Waals surface area contributed by atoms with Crippen molar-refractivity contribution in [3.63, 3.8) is 0 Å². The summed E-state index contributed by atoms with van der Waals surface area (Å²) in [5, 5.41) is 14.0. The van der Waals surface area contributed by atoms with Gasteiger partial charge < -0.3 is 15.5 Å². The summed E-state index contributed by atoms with van der Waals surface area (Å²) in [6.45, 7) is 0.702. The zero-order chi connectivity index (χ0) is 23.8. The lowest BCUT2D eigenvalue weighted by atomic mass is 10.0. The average molecular weight is 477 g/mol. The minimum atomic E-state index is -0.579. The van der Waals surface area contributed by atoms with E-state index in [9.17, 15) is 9.18 Å². The first kappa shape index (κ1) is 21.9. The molecule has 0 bridgehead atoms. The van der Waals surface area contributed by atoms with Gasteiger partial charge in [0, 0.05) is 24.1 Å². The van der Waals surface area contributed by atoms with Crippen LogP contribution in [-0.4, -0.2) is 43.6 Å². The van der Waals surface area contributed by atoms with Crippen LogP contribution in [0.3, 0.4) is 0 Å². The minimum absolute atomic E-state index is 0.163. The highest BCUT2D eigenvalue weighted by atomic mass is 19.1. The lowest BCUT2D eigenvalue weighted by Crippen LogP contribution is -2.40. The normalized spacial score (nSPS) is 19.8. The zero-order valence-corrected chi connectivity index (χ0v) is 19.6. The van der Waals surface area contributed by atoms with E-state index < -0.39 is 12.0 Å². The second-order valence-corrected chi connectivity index (χ2v) is 9.67. The third-order valence-corrected chi connectivity index (χ3v) is 7.35. The van der Waals surface area contributed by atoms with Crippen molar-refractivity contribution in [3.05, 3.63) is 47.3 Å². The number of anilines is 4. The number of halogens is 1. The lowest BCUT2D eigenvalue weighted by Gasteiger charge is -2.25. The monoisotopic (exact) mass is 476 g/mol. The molecule has 3 aliphatic rings. The molecule has 0 aromatic carbocycles. The van der Waals surface area contributed by atoms with Crippen LogP contribution in [0, 0.1) is 5.95 Å². The van der Waals surface area contributed by atoms with Crippen molar-refractivity contribution in [3.8, 4) is 0 Å². The highest BCUT2D eigenvalue weighted by Crippen LogP contribution is 2.36. The molecule has 35 heavy (non-hydrogen) atoms. The van der Waals surface area contributed by atoms with E-state index in [4.69, 9.17) is 9.97 Å². The fourth-order valence-corrected chi connectivity index (χ4v) is 5.56. The molecule has 2 aliphatic carbocycles. The Kier molecular flexibility index (Phi) is 5.79. The number of fused-ring (bicyclic) bond motifs is 1. The highest BCUT2D eigenvalue weighted by molar-refractivity contribution is 5.96. The van der Waals surface area contributed by atoms with E-state index in [2.05, 4.69) is 31.9 Å². The molecule has 1 saturated carbocycles. The van der Waals surface area contributed by atoms with Crippen LogP contribution < -0.4 is 15.5 Å². The Balaban J connectivity index is 1.24. The van der Waals surface area contributed by atoms with Crippen molar-refractivity contribution in [2.24, 2.45) is 0 Å². The molecule has 3 N–H and O–H groups in total. The SMILES string of the molecule is O=C(Nc1ccc(F)nc1)C1CCCN1c1nc2c(c(Nc3cc(C4CCCC4)n[nH]3)n1)CCC2. The number of H-pyrrole nitrogens is 1. The van der Waals surface area contributed by atoms with E-state index in [-0.39, 0.29) is 5.91 Å². The van der Waals surface area contributed by atoms with Crippen LogP contribution in [-0.2, 0) is 17.6 Å². The van der Waals surface area contributed by atoms with Gasteiger partial charge in [0.1, 0.15) is 17.7 Å². The standard InChI is InChI=1S/C25H29FN8O/c26-21-11-10-16(14-27-21)28-24(35)20-9-4-12-34(20)25-29-18-8-3-7-17(18)23(31-25)30-22-13-19(32-33-22)15-5-1-2-6-15/h10-11,13-15,20H,1-9,12H2,(H,28,35)(H2,29,30,31,32,33). The minimum Gasteiger partial charge on any atom is -0.329 e. The van der Waals surface area contributed by atoms with E-state index in [1.54, 1.807) is 0 Å². The molecule has 182 valence electrons. The summed E-state index contributed by atoms with van der Waals surface area (Å²) in [6.07, 6.45) is 10.7. The van der Waals surface area contributed by atoms with Gasteiger partial charge in [-0.2, -0.15) is 14.5 Å². The van der Waals surface area contributed by atoms with Crippen LogP contribution in [0.1, 0.15) is 67.8 Å². The Morgan fingerprint density at radius 1 is 1.09 bits per heavy atom. The molecular weight excluding hydrogens is 447 g/mol. The number of aryl methyl sites for hydroxylation is 1. The summed E-state index contributed by atoms with van der Waals surface area (Å²) in [5.41, 5.74) is 3.77. The maximum absolute atomic E-state index is 13.1. The molecule has 6 rings (SSSR count). The first-order valence-corrected chi connectivity index (χ1v) is 12.6. The van der Waals surface area contributed by atoms with Gasteiger partial charge in [-0.3, -0.25) is 9.89 Å². The van der Waals surface area contributed by atoms with Crippen molar-refractivity contribution < 1.29 is 9.18 Å². The Bertz CT molecular complexity index is 1220. The number of aromatic amines is 1. The summed E-state index contributed by atoms with van der Waals surface area (Å²) in [6, 6.07) is 4.45. The van der Waals surface area contributed by atoms with E-state index >= 15 is 0 Å². The van der Waals surface area contributed by atoms with Crippen LogP contribution in [0.4, 0.5) is 27.7 Å². The van der Waals surface area contributed by atoms with Gasteiger partial charge in [0.25, 0.3) is 0 Å². The molecule has 1 saturated heterocycles. The molecule has 1 aliphatic heterocycles. The number of carbonyl (C=O) groups is 1. The molecule has 1 unspecified atom stereocenters. The van der Waals surface area contributed by atoms with E-state index in [1.165, 1.54) is 44.0 Å². The highest BCUT2D eigenvalue weighted by Gasteiger charge is 2.34. The summed E-state index contributed by atoms with van der Waals surface area (Å²) in [5.74, 6) is 1.99. The second-order valence-electron chi connectivity index (χ2n) is 9.67. The number of nitrogens with zero attached hydrogens (tertiary/aromatic N) is 5. The fraction of sp³-hybridized carbons (Fsp3) is 0.480. The molecule has 9 nitrogen and oxygen atoms in total. The van der Waals surface area contributed by atoms with Crippen molar-refractivity contribution in [1.29, 1.82) is 0 Å². The number of carbonyl (C=O) groups excluding carboxylic acids is 1. The van der Waals surface area contributed by atoms with Crippen LogP contribution in [0.2, 0.25) is 0 Å². The van der Waals surface area contributed by atoms with Gasteiger partial charge in [0.2, 0.25) is 17.8 Å². The summed E-state index contributed by atoms with van der Waals surface area (Å²) >= 11 is 0. The van der Waals surface area contributed by atoms with E-state index in [1.807, 2.05) is 4.90 Å². The van der Waals surface area contributed by atoms with Crippen LogP contribution in [0.25, 0.3) is 0 Å². The van der Waals surface area contributed by atoms with Crippen LogP contribution in [0.15, 0.2) is 24.4 Å². The number of hydrogen-bond acceptors (Lipinski definition) is 7. The molecular formula is C25H29FN8O. The molecule has 1 amide bonds. The van der Waals surface area contributed by atoms with Crippen LogP contribution >= 0.6 is 0 Å². The molecule has 10 heteroatoms. The number of amides is 1. The van der Waals surface area contributed by atoms with Crippen molar-refractivity contribution in [2.75, 3.05) is 22.1 Å². The number of rotatable bonds is 6. The molecule has 3 aromatic rings. The van der Waals surface area contributed by atoms with Gasteiger partial charge in [0.05, 0.1) is 23.3 Å². The number of aromatic nitrogens is 5. The van der Waals surface area contributed by atoms with Gasteiger partial charge in [-0.05, 0) is 57.1 Å². The first-order valence-electron chi connectivity index (χ1n) is 12.6. The van der Waals surface area contributed by atoms with Crippen LogP contribution in [0.5, 0.6) is 0 Å². The van der Waals surface area contributed by atoms with Crippen molar-refractivity contribution in [2.45, 2.75) is 69.7 Å². The van der Waals surface area contributed by atoms with Gasteiger partial charge in [-0.1, -0.05) is 12.8 Å². The van der Waals surface area contributed by atoms with Gasteiger partial charge >= 0.3 is 0 Å². The Labute approximate surface area is 203 Å². The quantitative estimate of drug-likeness (QED) is 0.457. The molecule has 2 fully saturated rings. The number of pyridine rings is 1. The third-order valence-electron chi connectivity index (χ3n) is 7.35. The van der Waals surface area contributed by atoms with Gasteiger partial charge in [-0.15, -0.1) is 0 Å². The smallest absolute Gasteiger partial charge is 0.247 e. The van der Waals surface area contributed by atoms with Crippen molar-refractivity contribution >= 4 is 29.2 Å². The summed E-state index contributed by atoms with van der Waals surface area (Å²) < 4.78 is 13.1. The fourth-order valence-electron chi connectivity index (χ4n) is 5.56. The molecule has 3 aromatic heterocycles. The topological polar surface area (TPSA) is 112 Å². The molecule has 1 atom stereocenters. The predicted octanol–water partition coefficient (Wildman–Crippen LogP) is 4.23. The average Bonchev–Trinajstić information content (AvgIpc) is 3.67. The molecule has 4 heterocycles. The van der Waals surface area contributed by atoms with Gasteiger partial charge in [-0.25, -0.2) is 9.97 Å². The maximum atomic E-state index is 13.1. The largest absolute Gasteiger partial charge is 0.329 e. The lowest BCUT2D eigenvalue weighted by molar-refractivity contribution is -0.117. The van der Waals surface area contributed by atoms with E-state index in [0.717, 1.165) is 54.3 Å². The maximum Gasteiger partial charge on any atom is 0.247 e. The van der Waals surface area contributed by atoms with Crippen molar-refractivity contribution in [1.82, 2.24) is 25.1 Å². The summed E-state index contributed by atoms with van der Waals surface area (Å²) in [7, 11) is 0. The molecule has 0 spiro atoms. The molecule has 0 radical (unpaired) electrons. The first-order chi connectivity index (χ1) is 17.1. The predicted molar refractivity (Wildman–Crippen MR) is 130 cm³/mol. The van der Waals surface area contributed by atoms with Gasteiger partial charge in [0.15, 0.2) is 0 Å². The Morgan fingerprint density at radius 2 is 1.97 bits per heavy atom.